The average Bonchev–Trinajstić information content (AvgIpc) is 3.38. The highest BCUT2D eigenvalue weighted by Gasteiger charge is 2.33. The van der Waals surface area contributed by atoms with Gasteiger partial charge < -0.3 is 15.2 Å². The second-order valence-electron chi connectivity index (χ2n) is 6.37. The van der Waals surface area contributed by atoms with Crippen LogP contribution < -0.4 is 10.9 Å². The van der Waals surface area contributed by atoms with E-state index in [1.165, 1.54) is 12.1 Å². The van der Waals surface area contributed by atoms with Crippen LogP contribution in [-0.2, 0) is 13.0 Å². The van der Waals surface area contributed by atoms with Crippen molar-refractivity contribution in [2.45, 2.75) is 38.8 Å². The van der Waals surface area contributed by atoms with Gasteiger partial charge in [0.2, 0.25) is 0 Å². The molecule has 0 unspecified atom stereocenters. The first kappa shape index (κ1) is 18.4. The lowest BCUT2D eigenvalue weighted by Crippen LogP contribution is -2.42. The summed E-state index contributed by atoms with van der Waals surface area (Å²) in [4.78, 5) is 32.5. The van der Waals surface area contributed by atoms with Crippen LogP contribution in [0, 0.1) is 12.7 Å². The van der Waals surface area contributed by atoms with Crippen LogP contribution in [0.25, 0.3) is 0 Å². The van der Waals surface area contributed by atoms with Gasteiger partial charge in [-0.15, -0.1) is 0 Å². The molecule has 1 heterocycles. The van der Waals surface area contributed by atoms with Gasteiger partial charge in [0.1, 0.15) is 11.6 Å². The van der Waals surface area contributed by atoms with E-state index in [-0.39, 0.29) is 24.2 Å². The summed E-state index contributed by atoms with van der Waals surface area (Å²) >= 11 is 6.08. The molecular weight excluding hydrogens is 359 g/mol. The van der Waals surface area contributed by atoms with Gasteiger partial charge in [0.25, 0.3) is 5.56 Å². The minimum atomic E-state index is -0.419. The highest BCUT2D eigenvalue weighted by molar-refractivity contribution is 6.31. The van der Waals surface area contributed by atoms with Gasteiger partial charge in [-0.25, -0.2) is 14.2 Å². The number of hydrogen-bond acceptors (Lipinski definition) is 3. The zero-order chi connectivity index (χ0) is 18.7. The van der Waals surface area contributed by atoms with Crippen LogP contribution in [0.1, 0.15) is 29.9 Å². The van der Waals surface area contributed by atoms with E-state index in [1.54, 1.807) is 24.0 Å². The SMILES string of the molecule is Cc1cc(=O)[nH]c(CCNC(=O)N(Cc2c(F)cccc2Cl)C2CC2)n1. The fourth-order valence-electron chi connectivity index (χ4n) is 2.76. The van der Waals surface area contributed by atoms with Gasteiger partial charge in [0.15, 0.2) is 0 Å². The van der Waals surface area contributed by atoms with E-state index in [0.29, 0.717) is 35.1 Å². The molecule has 2 N–H and O–H groups in total. The molecule has 0 spiro atoms. The first-order valence-electron chi connectivity index (χ1n) is 8.48. The molecule has 2 aromatic rings. The number of halogens is 2. The third kappa shape index (κ3) is 4.60. The fourth-order valence-corrected chi connectivity index (χ4v) is 2.98. The molecule has 26 heavy (non-hydrogen) atoms. The normalized spacial score (nSPS) is 13.5. The van der Waals surface area contributed by atoms with Gasteiger partial charge in [-0.1, -0.05) is 17.7 Å². The predicted molar refractivity (Wildman–Crippen MR) is 96.7 cm³/mol. The maximum Gasteiger partial charge on any atom is 0.317 e. The summed E-state index contributed by atoms with van der Waals surface area (Å²) in [5, 5.41) is 3.12. The van der Waals surface area contributed by atoms with Crippen molar-refractivity contribution >= 4 is 17.6 Å². The van der Waals surface area contributed by atoms with E-state index in [2.05, 4.69) is 15.3 Å². The summed E-state index contributed by atoms with van der Waals surface area (Å²) in [6.07, 6.45) is 2.19. The largest absolute Gasteiger partial charge is 0.338 e. The van der Waals surface area contributed by atoms with Gasteiger partial charge in [-0.2, -0.15) is 0 Å². The molecule has 0 bridgehead atoms. The van der Waals surface area contributed by atoms with Crippen molar-refractivity contribution in [3.05, 3.63) is 62.5 Å². The van der Waals surface area contributed by atoms with Gasteiger partial charge in [0, 0.05) is 41.4 Å². The van der Waals surface area contributed by atoms with E-state index in [4.69, 9.17) is 11.6 Å². The number of carbonyl (C=O) groups excluding carboxylic acids is 1. The quantitative estimate of drug-likeness (QED) is 0.811. The molecule has 0 aliphatic heterocycles. The number of carbonyl (C=O) groups is 1. The molecule has 0 atom stereocenters. The smallest absolute Gasteiger partial charge is 0.317 e. The molecule has 1 aliphatic carbocycles. The fraction of sp³-hybridized carbons (Fsp3) is 0.389. The number of aromatic amines is 1. The number of nitrogens with zero attached hydrogens (tertiary/aromatic N) is 2. The number of H-pyrrole nitrogens is 1. The summed E-state index contributed by atoms with van der Waals surface area (Å²) in [5.41, 5.74) is 0.734. The van der Waals surface area contributed by atoms with Gasteiger partial charge >= 0.3 is 6.03 Å². The third-order valence-corrected chi connectivity index (χ3v) is 4.55. The second-order valence-corrected chi connectivity index (χ2v) is 6.78. The Morgan fingerprint density at radius 2 is 2.23 bits per heavy atom. The molecule has 8 heteroatoms. The zero-order valence-corrected chi connectivity index (χ0v) is 15.1. The standard InChI is InChI=1S/C18H20ClFN4O2/c1-11-9-17(25)23-16(22-11)7-8-21-18(26)24(12-5-6-12)10-13-14(19)3-2-4-15(13)20/h2-4,9,12H,5-8,10H2,1H3,(H,21,26)(H,22,23,25). The Labute approximate surface area is 155 Å². The molecule has 1 saturated carbocycles. The Balaban J connectivity index is 1.61. The minimum Gasteiger partial charge on any atom is -0.338 e. The number of rotatable bonds is 6. The summed E-state index contributed by atoms with van der Waals surface area (Å²) in [5.74, 6) is 0.0999. The summed E-state index contributed by atoms with van der Waals surface area (Å²) in [6.45, 7) is 2.19. The van der Waals surface area contributed by atoms with E-state index in [0.717, 1.165) is 12.8 Å². The van der Waals surface area contributed by atoms with Crippen molar-refractivity contribution in [1.29, 1.82) is 0 Å². The van der Waals surface area contributed by atoms with Gasteiger partial charge in [-0.05, 0) is 31.9 Å². The Hall–Kier alpha value is -2.41. The highest BCUT2D eigenvalue weighted by atomic mass is 35.5. The lowest BCUT2D eigenvalue weighted by molar-refractivity contribution is 0.191. The van der Waals surface area contributed by atoms with Gasteiger partial charge in [0.05, 0.1) is 6.54 Å². The number of benzene rings is 1. The molecule has 3 rings (SSSR count). The van der Waals surface area contributed by atoms with Crippen molar-refractivity contribution in [2.24, 2.45) is 0 Å². The lowest BCUT2D eigenvalue weighted by atomic mass is 10.2. The molecule has 2 amide bonds. The lowest BCUT2D eigenvalue weighted by Gasteiger charge is -2.23. The Kier molecular flexibility index (Phi) is 5.56. The van der Waals surface area contributed by atoms with Crippen LogP contribution >= 0.6 is 11.6 Å². The predicted octanol–water partition coefficient (Wildman–Crippen LogP) is 2.79. The van der Waals surface area contributed by atoms with Gasteiger partial charge in [-0.3, -0.25) is 4.79 Å². The molecule has 6 nitrogen and oxygen atoms in total. The third-order valence-electron chi connectivity index (χ3n) is 4.20. The highest BCUT2D eigenvalue weighted by Crippen LogP contribution is 2.30. The Morgan fingerprint density at radius 3 is 2.88 bits per heavy atom. The van der Waals surface area contributed by atoms with Crippen LogP contribution in [-0.4, -0.2) is 33.5 Å². The molecule has 1 aromatic heterocycles. The maximum absolute atomic E-state index is 14.0. The van der Waals surface area contributed by atoms with Crippen LogP contribution in [0.15, 0.2) is 29.1 Å². The maximum atomic E-state index is 14.0. The molecule has 0 saturated heterocycles. The van der Waals surface area contributed by atoms with E-state index >= 15 is 0 Å². The molecule has 1 aromatic carbocycles. The molecule has 1 aliphatic rings. The van der Waals surface area contributed by atoms with Crippen LogP contribution in [0.2, 0.25) is 5.02 Å². The van der Waals surface area contributed by atoms with Crippen molar-refractivity contribution in [3.63, 3.8) is 0 Å². The number of aromatic nitrogens is 2. The van der Waals surface area contributed by atoms with Crippen molar-refractivity contribution in [2.75, 3.05) is 6.54 Å². The second kappa shape index (κ2) is 7.86. The molecular formula is C18H20ClFN4O2. The number of aryl methyl sites for hydroxylation is 1. The summed E-state index contributed by atoms with van der Waals surface area (Å²) in [6, 6.07) is 5.73. The van der Waals surface area contributed by atoms with E-state index in [1.807, 2.05) is 0 Å². The zero-order valence-electron chi connectivity index (χ0n) is 14.4. The Morgan fingerprint density at radius 1 is 1.46 bits per heavy atom. The first-order valence-corrected chi connectivity index (χ1v) is 8.86. The summed E-state index contributed by atoms with van der Waals surface area (Å²) < 4.78 is 14.0. The van der Waals surface area contributed by atoms with Crippen LogP contribution in [0.4, 0.5) is 9.18 Å². The first-order chi connectivity index (χ1) is 12.4. The number of urea groups is 1. The number of amides is 2. The number of nitrogens with one attached hydrogen (secondary N) is 2. The van der Waals surface area contributed by atoms with Crippen molar-refractivity contribution < 1.29 is 9.18 Å². The van der Waals surface area contributed by atoms with Crippen molar-refractivity contribution in [1.82, 2.24) is 20.2 Å². The minimum absolute atomic E-state index is 0.0996. The molecule has 1 fully saturated rings. The Bertz CT molecular complexity index is 846. The molecule has 0 radical (unpaired) electrons. The van der Waals surface area contributed by atoms with Crippen LogP contribution in [0.3, 0.4) is 0 Å². The molecule has 138 valence electrons. The monoisotopic (exact) mass is 378 g/mol. The topological polar surface area (TPSA) is 78.1 Å². The van der Waals surface area contributed by atoms with E-state index < -0.39 is 5.82 Å². The van der Waals surface area contributed by atoms with Crippen molar-refractivity contribution in [3.8, 4) is 0 Å². The average molecular weight is 379 g/mol. The summed E-state index contributed by atoms with van der Waals surface area (Å²) in [7, 11) is 0. The van der Waals surface area contributed by atoms with Crippen LogP contribution in [0.5, 0.6) is 0 Å². The van der Waals surface area contributed by atoms with E-state index in [9.17, 15) is 14.0 Å². The number of hydrogen-bond donors (Lipinski definition) is 2.